The van der Waals surface area contributed by atoms with E-state index in [0.717, 1.165) is 17.6 Å². The average molecular weight is 316 g/mol. The van der Waals surface area contributed by atoms with Crippen molar-refractivity contribution in [3.05, 3.63) is 52.5 Å². The van der Waals surface area contributed by atoms with Crippen molar-refractivity contribution in [3.63, 3.8) is 0 Å². The Bertz CT molecular complexity index is 858. The van der Waals surface area contributed by atoms with Crippen molar-refractivity contribution in [2.45, 2.75) is 20.4 Å². The monoisotopic (exact) mass is 315 g/mol. The fourth-order valence-corrected chi connectivity index (χ4v) is 2.34. The number of nitrogens with zero attached hydrogens (tertiary/aromatic N) is 3. The zero-order chi connectivity index (χ0) is 15.7. The number of aromatic nitrogens is 3. The van der Waals surface area contributed by atoms with E-state index in [2.05, 4.69) is 10.3 Å². The molecule has 2 aromatic carbocycles. The number of esters is 1. The zero-order valence-corrected chi connectivity index (χ0v) is 13.0. The van der Waals surface area contributed by atoms with Gasteiger partial charge in [0.2, 0.25) is 0 Å². The van der Waals surface area contributed by atoms with Gasteiger partial charge in [0.05, 0.1) is 16.1 Å². The molecule has 0 saturated heterocycles. The van der Waals surface area contributed by atoms with E-state index in [1.807, 2.05) is 26.0 Å². The minimum absolute atomic E-state index is 0.351. The summed E-state index contributed by atoms with van der Waals surface area (Å²) in [5, 5.41) is 8.47. The maximum Gasteiger partial charge on any atom is 0.343 e. The van der Waals surface area contributed by atoms with Gasteiger partial charge in [-0.15, -0.1) is 5.10 Å². The lowest BCUT2D eigenvalue weighted by molar-refractivity contribution is 0.0735. The molecule has 0 N–H and O–H groups in total. The van der Waals surface area contributed by atoms with Gasteiger partial charge in [0.25, 0.3) is 0 Å². The van der Waals surface area contributed by atoms with Crippen LogP contribution in [-0.2, 0) is 6.54 Å². The summed E-state index contributed by atoms with van der Waals surface area (Å²) >= 11 is 6.04. The Morgan fingerprint density at radius 1 is 1.27 bits per heavy atom. The van der Waals surface area contributed by atoms with Gasteiger partial charge in [0.15, 0.2) is 0 Å². The summed E-state index contributed by atoms with van der Waals surface area (Å²) in [6.07, 6.45) is 0. The summed E-state index contributed by atoms with van der Waals surface area (Å²) in [5.74, 6) is -0.121. The average Bonchev–Trinajstić information content (AvgIpc) is 2.93. The molecule has 1 aromatic heterocycles. The lowest BCUT2D eigenvalue weighted by atomic mass is 10.2. The number of hydrogen-bond acceptors (Lipinski definition) is 4. The van der Waals surface area contributed by atoms with Gasteiger partial charge in [-0.3, -0.25) is 0 Å². The van der Waals surface area contributed by atoms with Gasteiger partial charge >= 0.3 is 5.97 Å². The third-order valence-electron chi connectivity index (χ3n) is 3.34. The fraction of sp³-hybridized carbons (Fsp3) is 0.188. The number of benzene rings is 2. The van der Waals surface area contributed by atoms with Crippen molar-refractivity contribution in [1.82, 2.24) is 15.0 Å². The second kappa shape index (κ2) is 5.77. The van der Waals surface area contributed by atoms with Gasteiger partial charge < -0.3 is 4.74 Å². The molecule has 22 heavy (non-hydrogen) atoms. The molecule has 0 spiro atoms. The Labute approximate surface area is 132 Å². The van der Waals surface area contributed by atoms with E-state index in [1.165, 1.54) is 0 Å². The Hall–Kier alpha value is -2.40. The van der Waals surface area contributed by atoms with Gasteiger partial charge in [-0.2, -0.15) is 0 Å². The van der Waals surface area contributed by atoms with Crippen molar-refractivity contribution in [3.8, 4) is 5.75 Å². The molecule has 0 saturated carbocycles. The van der Waals surface area contributed by atoms with Crippen LogP contribution in [0.1, 0.15) is 22.8 Å². The first-order valence-corrected chi connectivity index (χ1v) is 7.28. The molecule has 3 rings (SSSR count). The lowest BCUT2D eigenvalue weighted by Gasteiger charge is -2.07. The quantitative estimate of drug-likeness (QED) is 0.547. The van der Waals surface area contributed by atoms with Crippen LogP contribution >= 0.6 is 11.6 Å². The van der Waals surface area contributed by atoms with E-state index >= 15 is 0 Å². The Morgan fingerprint density at radius 3 is 2.86 bits per heavy atom. The predicted molar refractivity (Wildman–Crippen MR) is 84.3 cm³/mol. The number of carbonyl (C=O) groups is 1. The summed E-state index contributed by atoms with van der Waals surface area (Å²) in [6, 6.07) is 10.5. The van der Waals surface area contributed by atoms with Crippen LogP contribution in [0.15, 0.2) is 36.4 Å². The minimum Gasteiger partial charge on any atom is -0.421 e. The second-order valence-corrected chi connectivity index (χ2v) is 5.34. The number of ether oxygens (including phenoxy) is 1. The third kappa shape index (κ3) is 2.67. The molecule has 5 nitrogen and oxygen atoms in total. The van der Waals surface area contributed by atoms with Gasteiger partial charge in [0.1, 0.15) is 11.3 Å². The van der Waals surface area contributed by atoms with E-state index in [0.29, 0.717) is 21.9 Å². The van der Waals surface area contributed by atoms with E-state index in [-0.39, 0.29) is 0 Å². The molecule has 0 amide bonds. The highest BCUT2D eigenvalue weighted by molar-refractivity contribution is 6.32. The van der Waals surface area contributed by atoms with Crippen molar-refractivity contribution < 1.29 is 9.53 Å². The van der Waals surface area contributed by atoms with Crippen LogP contribution in [-0.4, -0.2) is 21.0 Å². The number of hydrogen-bond donors (Lipinski definition) is 0. The van der Waals surface area contributed by atoms with Crippen molar-refractivity contribution in [1.29, 1.82) is 0 Å². The van der Waals surface area contributed by atoms with E-state index in [4.69, 9.17) is 16.3 Å². The molecule has 0 fully saturated rings. The van der Waals surface area contributed by atoms with Gasteiger partial charge in [-0.05, 0) is 49.7 Å². The number of aryl methyl sites for hydroxylation is 2. The SMILES string of the molecule is CCn1nnc2cc(C(=O)Oc3cc(C)ccc3Cl)ccc21. The highest BCUT2D eigenvalue weighted by atomic mass is 35.5. The number of fused-ring (bicyclic) bond motifs is 1. The number of rotatable bonds is 3. The van der Waals surface area contributed by atoms with Crippen LogP contribution in [0.5, 0.6) is 5.75 Å². The van der Waals surface area contributed by atoms with Gasteiger partial charge in [-0.1, -0.05) is 22.9 Å². The first-order valence-electron chi connectivity index (χ1n) is 6.90. The van der Waals surface area contributed by atoms with Crippen molar-refractivity contribution >= 4 is 28.6 Å². The molecule has 112 valence electrons. The van der Waals surface area contributed by atoms with Crippen LogP contribution in [0.25, 0.3) is 11.0 Å². The van der Waals surface area contributed by atoms with Gasteiger partial charge in [0, 0.05) is 6.54 Å². The Morgan fingerprint density at radius 2 is 2.09 bits per heavy atom. The van der Waals surface area contributed by atoms with Crippen LogP contribution in [0.2, 0.25) is 5.02 Å². The highest BCUT2D eigenvalue weighted by Crippen LogP contribution is 2.26. The van der Waals surface area contributed by atoms with E-state index < -0.39 is 5.97 Å². The summed E-state index contributed by atoms with van der Waals surface area (Å²) in [4.78, 5) is 12.3. The molecule has 3 aromatic rings. The molecule has 0 aliphatic carbocycles. The first kappa shape index (κ1) is 14.5. The predicted octanol–water partition coefficient (Wildman–Crippen LogP) is 3.63. The Balaban J connectivity index is 1.90. The van der Waals surface area contributed by atoms with Crippen LogP contribution < -0.4 is 4.74 Å². The smallest absolute Gasteiger partial charge is 0.343 e. The second-order valence-electron chi connectivity index (χ2n) is 4.93. The molecule has 0 atom stereocenters. The molecule has 0 unspecified atom stereocenters. The molecule has 1 heterocycles. The molecule has 0 aliphatic rings. The lowest BCUT2D eigenvalue weighted by Crippen LogP contribution is -2.09. The summed E-state index contributed by atoms with van der Waals surface area (Å²) < 4.78 is 7.13. The minimum atomic E-state index is -0.472. The van der Waals surface area contributed by atoms with E-state index in [1.54, 1.807) is 28.9 Å². The number of carbonyl (C=O) groups excluding carboxylic acids is 1. The van der Waals surface area contributed by atoms with Crippen molar-refractivity contribution in [2.75, 3.05) is 0 Å². The maximum absolute atomic E-state index is 12.3. The van der Waals surface area contributed by atoms with E-state index in [9.17, 15) is 4.79 Å². The van der Waals surface area contributed by atoms with Gasteiger partial charge in [-0.25, -0.2) is 9.48 Å². The number of halogens is 1. The van der Waals surface area contributed by atoms with Crippen LogP contribution in [0.3, 0.4) is 0 Å². The Kier molecular flexibility index (Phi) is 3.81. The largest absolute Gasteiger partial charge is 0.421 e. The molecule has 0 radical (unpaired) electrons. The summed E-state index contributed by atoms with van der Waals surface area (Å²) in [5.41, 5.74) is 2.92. The first-order chi connectivity index (χ1) is 10.6. The summed E-state index contributed by atoms with van der Waals surface area (Å²) in [7, 11) is 0. The topological polar surface area (TPSA) is 57.0 Å². The normalized spacial score (nSPS) is 10.9. The maximum atomic E-state index is 12.3. The fourth-order valence-electron chi connectivity index (χ4n) is 2.18. The molecule has 0 bridgehead atoms. The van der Waals surface area contributed by atoms with Crippen LogP contribution in [0, 0.1) is 6.92 Å². The summed E-state index contributed by atoms with van der Waals surface area (Å²) in [6.45, 7) is 4.61. The molecule has 6 heteroatoms. The highest BCUT2D eigenvalue weighted by Gasteiger charge is 2.13. The molecular weight excluding hydrogens is 302 g/mol. The molecular formula is C16H14ClN3O2. The van der Waals surface area contributed by atoms with Crippen LogP contribution in [0.4, 0.5) is 0 Å². The molecule has 0 aliphatic heterocycles. The zero-order valence-electron chi connectivity index (χ0n) is 12.2. The third-order valence-corrected chi connectivity index (χ3v) is 3.65. The standard InChI is InChI=1S/C16H14ClN3O2/c1-3-20-14-7-5-11(9-13(14)18-19-20)16(21)22-15-8-10(2)4-6-12(15)17/h4-9H,3H2,1-2H3. The van der Waals surface area contributed by atoms with Crippen molar-refractivity contribution in [2.24, 2.45) is 0 Å².